The third-order valence-corrected chi connectivity index (χ3v) is 6.19. The van der Waals surface area contributed by atoms with Crippen LogP contribution in [0.15, 0.2) is 18.2 Å². The number of rotatable bonds is 4. The molecule has 1 aliphatic carbocycles. The zero-order chi connectivity index (χ0) is 19.8. The lowest BCUT2D eigenvalue weighted by molar-refractivity contribution is -0.110. The standard InChI is InChI=1S/C23H26N4O2/c28-21(14-27-10-4-1-5-11-27)15-8-9-18-16(12-15)17(23(29)26-18)13-22-24-19-6-2-3-7-20(19)25-22/h8-9,12-13H,1-7,10-11,14H2,(H,24,25)(H,26,29). The largest absolute Gasteiger partial charge is 0.342 e. The number of likely N-dealkylation sites (tertiary alicyclic amines) is 1. The van der Waals surface area contributed by atoms with Crippen LogP contribution in [0.1, 0.15) is 65.2 Å². The van der Waals surface area contributed by atoms with Crippen molar-refractivity contribution in [2.45, 2.75) is 44.9 Å². The molecule has 6 nitrogen and oxygen atoms in total. The number of nitrogens with zero attached hydrogens (tertiary/aromatic N) is 2. The van der Waals surface area contributed by atoms with Gasteiger partial charge in [0, 0.05) is 22.5 Å². The van der Waals surface area contributed by atoms with Gasteiger partial charge in [0.25, 0.3) is 5.91 Å². The molecular formula is C23H26N4O2. The number of nitrogens with one attached hydrogen (secondary N) is 2. The molecular weight excluding hydrogens is 364 g/mol. The fraction of sp³-hybridized carbons (Fsp3) is 0.435. The molecule has 5 rings (SSSR count). The highest BCUT2D eigenvalue weighted by Crippen LogP contribution is 2.34. The van der Waals surface area contributed by atoms with Crippen molar-refractivity contribution in [1.29, 1.82) is 0 Å². The number of aromatic amines is 1. The molecule has 1 saturated heterocycles. The first-order valence-corrected chi connectivity index (χ1v) is 10.7. The molecule has 1 amide bonds. The van der Waals surface area contributed by atoms with Gasteiger partial charge in [0.1, 0.15) is 5.82 Å². The summed E-state index contributed by atoms with van der Waals surface area (Å²) in [6, 6.07) is 5.51. The Kier molecular flexibility index (Phi) is 4.79. The lowest BCUT2D eigenvalue weighted by Gasteiger charge is -2.25. The molecule has 0 unspecified atom stereocenters. The Morgan fingerprint density at radius 2 is 1.93 bits per heavy atom. The van der Waals surface area contributed by atoms with Gasteiger partial charge in [-0.3, -0.25) is 14.5 Å². The molecule has 3 aliphatic rings. The quantitative estimate of drug-likeness (QED) is 0.619. The van der Waals surface area contributed by atoms with Crippen LogP contribution >= 0.6 is 0 Å². The summed E-state index contributed by atoms with van der Waals surface area (Å²) in [4.78, 5) is 35.6. The van der Waals surface area contributed by atoms with Crippen molar-refractivity contribution in [2.75, 3.05) is 25.0 Å². The van der Waals surface area contributed by atoms with Gasteiger partial charge in [-0.25, -0.2) is 4.98 Å². The minimum atomic E-state index is -0.144. The normalized spacial score (nSPS) is 20.4. The van der Waals surface area contributed by atoms with Crippen LogP contribution in [0.2, 0.25) is 0 Å². The van der Waals surface area contributed by atoms with E-state index in [9.17, 15) is 9.59 Å². The molecule has 2 N–H and O–H groups in total. The summed E-state index contributed by atoms with van der Waals surface area (Å²) in [5, 5.41) is 2.91. The Hall–Kier alpha value is -2.73. The van der Waals surface area contributed by atoms with E-state index >= 15 is 0 Å². The van der Waals surface area contributed by atoms with Crippen LogP contribution in [-0.2, 0) is 17.6 Å². The van der Waals surface area contributed by atoms with Gasteiger partial charge in [0.05, 0.1) is 17.8 Å². The van der Waals surface area contributed by atoms with Gasteiger partial charge < -0.3 is 10.3 Å². The predicted molar refractivity (Wildman–Crippen MR) is 113 cm³/mol. The number of hydrogen-bond acceptors (Lipinski definition) is 4. The molecule has 150 valence electrons. The number of amides is 1. The van der Waals surface area contributed by atoms with Gasteiger partial charge in [0.15, 0.2) is 5.78 Å². The summed E-state index contributed by atoms with van der Waals surface area (Å²) in [7, 11) is 0. The summed E-state index contributed by atoms with van der Waals surface area (Å²) >= 11 is 0. The Morgan fingerprint density at radius 3 is 2.76 bits per heavy atom. The summed E-state index contributed by atoms with van der Waals surface area (Å²) in [6.45, 7) is 2.43. The van der Waals surface area contributed by atoms with E-state index in [4.69, 9.17) is 0 Å². The van der Waals surface area contributed by atoms with Crippen LogP contribution in [0.4, 0.5) is 5.69 Å². The number of hydrogen-bond donors (Lipinski definition) is 2. The first-order chi connectivity index (χ1) is 14.2. The number of aromatic nitrogens is 2. The van der Waals surface area contributed by atoms with E-state index in [-0.39, 0.29) is 11.7 Å². The minimum Gasteiger partial charge on any atom is -0.342 e. The molecule has 1 fully saturated rings. The Morgan fingerprint density at radius 1 is 1.10 bits per heavy atom. The topological polar surface area (TPSA) is 78.1 Å². The summed E-state index contributed by atoms with van der Waals surface area (Å²) in [6.07, 6.45) is 9.75. The zero-order valence-electron chi connectivity index (χ0n) is 16.6. The number of carbonyl (C=O) groups excluding carboxylic acids is 2. The molecule has 0 radical (unpaired) electrons. The van der Waals surface area contributed by atoms with Crippen LogP contribution in [0.25, 0.3) is 11.6 Å². The highest BCUT2D eigenvalue weighted by atomic mass is 16.2. The van der Waals surface area contributed by atoms with Gasteiger partial charge in [-0.05, 0) is 75.9 Å². The van der Waals surface area contributed by atoms with Gasteiger partial charge in [-0.1, -0.05) is 6.42 Å². The van der Waals surface area contributed by atoms with Crippen LogP contribution in [0.3, 0.4) is 0 Å². The van der Waals surface area contributed by atoms with Crippen LogP contribution in [0, 0.1) is 0 Å². The number of fused-ring (bicyclic) bond motifs is 2. The second kappa shape index (κ2) is 7.59. The molecule has 0 spiro atoms. The average Bonchev–Trinajstić information content (AvgIpc) is 3.29. The molecule has 1 aromatic heterocycles. The van der Waals surface area contributed by atoms with E-state index < -0.39 is 0 Å². The zero-order valence-corrected chi connectivity index (χ0v) is 16.6. The van der Waals surface area contributed by atoms with Crippen LogP contribution in [-0.4, -0.2) is 46.2 Å². The van der Waals surface area contributed by atoms with Crippen molar-refractivity contribution in [2.24, 2.45) is 0 Å². The maximum Gasteiger partial charge on any atom is 0.256 e. The van der Waals surface area contributed by atoms with Crippen molar-refractivity contribution in [3.8, 4) is 0 Å². The Bertz CT molecular complexity index is 975. The molecule has 3 heterocycles. The van der Waals surface area contributed by atoms with E-state index in [1.165, 1.54) is 25.0 Å². The number of ketones is 1. The number of piperidine rings is 1. The summed E-state index contributed by atoms with van der Waals surface area (Å²) in [5.41, 5.74) is 5.08. The van der Waals surface area contributed by atoms with Crippen LogP contribution < -0.4 is 5.32 Å². The molecule has 1 aromatic carbocycles. The first-order valence-electron chi connectivity index (χ1n) is 10.7. The number of anilines is 1. The second-order valence-corrected chi connectivity index (χ2v) is 8.29. The molecule has 2 aliphatic heterocycles. The molecule has 29 heavy (non-hydrogen) atoms. The smallest absolute Gasteiger partial charge is 0.256 e. The van der Waals surface area contributed by atoms with E-state index in [0.29, 0.717) is 17.7 Å². The molecule has 2 aromatic rings. The minimum absolute atomic E-state index is 0.113. The number of H-pyrrole nitrogens is 1. The lowest BCUT2D eigenvalue weighted by atomic mass is 10.0. The number of carbonyl (C=O) groups is 2. The number of benzene rings is 1. The van der Waals surface area contributed by atoms with E-state index in [2.05, 4.69) is 20.2 Å². The fourth-order valence-electron chi connectivity index (χ4n) is 4.60. The lowest BCUT2D eigenvalue weighted by Crippen LogP contribution is -2.34. The number of aryl methyl sites for hydroxylation is 2. The van der Waals surface area contributed by atoms with Crippen molar-refractivity contribution in [3.63, 3.8) is 0 Å². The summed E-state index contributed by atoms with van der Waals surface area (Å²) in [5.74, 6) is 0.691. The third kappa shape index (κ3) is 3.65. The first kappa shape index (κ1) is 18.3. The molecule has 0 saturated carbocycles. The van der Waals surface area contributed by atoms with Gasteiger partial charge in [-0.2, -0.15) is 0 Å². The Balaban J connectivity index is 1.42. The monoisotopic (exact) mass is 390 g/mol. The van der Waals surface area contributed by atoms with Gasteiger partial charge in [-0.15, -0.1) is 0 Å². The maximum absolute atomic E-state index is 12.8. The van der Waals surface area contributed by atoms with Crippen LogP contribution in [0.5, 0.6) is 0 Å². The van der Waals surface area contributed by atoms with Gasteiger partial charge in [0.2, 0.25) is 0 Å². The highest BCUT2D eigenvalue weighted by molar-refractivity contribution is 6.35. The van der Waals surface area contributed by atoms with Gasteiger partial charge >= 0.3 is 0 Å². The number of Topliss-reactive ketones (excluding diaryl/α,β-unsaturated/α-hetero) is 1. The van der Waals surface area contributed by atoms with Crippen molar-refractivity contribution < 1.29 is 9.59 Å². The molecule has 0 bridgehead atoms. The van der Waals surface area contributed by atoms with Crippen molar-refractivity contribution in [3.05, 3.63) is 46.5 Å². The molecule has 6 heteroatoms. The highest BCUT2D eigenvalue weighted by Gasteiger charge is 2.26. The third-order valence-electron chi connectivity index (χ3n) is 6.19. The fourth-order valence-corrected chi connectivity index (χ4v) is 4.60. The Labute approximate surface area is 170 Å². The van der Waals surface area contributed by atoms with Crippen molar-refractivity contribution in [1.82, 2.24) is 14.9 Å². The SMILES string of the molecule is O=C1Nc2ccc(C(=O)CN3CCCCC3)cc2C1=Cc1nc2c([nH]1)CCCC2. The van der Waals surface area contributed by atoms with E-state index in [0.717, 1.165) is 61.5 Å². The molecule has 0 atom stereocenters. The summed E-state index contributed by atoms with van der Waals surface area (Å²) < 4.78 is 0. The van der Waals surface area contributed by atoms with Crippen molar-refractivity contribution >= 4 is 29.0 Å². The van der Waals surface area contributed by atoms with E-state index in [1.54, 1.807) is 0 Å². The van der Waals surface area contributed by atoms with E-state index in [1.807, 2.05) is 24.3 Å². The predicted octanol–water partition coefficient (Wildman–Crippen LogP) is 3.45. The number of imidazole rings is 1. The average molecular weight is 390 g/mol. The second-order valence-electron chi connectivity index (χ2n) is 8.29. The maximum atomic E-state index is 12.8.